The number of amides is 1. The van der Waals surface area contributed by atoms with Gasteiger partial charge in [0.05, 0.1) is 11.5 Å². The summed E-state index contributed by atoms with van der Waals surface area (Å²) in [5, 5.41) is 11.6. The average Bonchev–Trinajstić information content (AvgIpc) is 2.36. The fourth-order valence-corrected chi connectivity index (χ4v) is 1.46. The first-order valence-corrected chi connectivity index (χ1v) is 6.16. The van der Waals surface area contributed by atoms with E-state index in [4.69, 9.17) is 5.26 Å². The van der Waals surface area contributed by atoms with E-state index < -0.39 is 5.41 Å². The molecule has 0 bridgehead atoms. The first kappa shape index (κ1) is 14.2. The summed E-state index contributed by atoms with van der Waals surface area (Å²) < 4.78 is 0. The summed E-state index contributed by atoms with van der Waals surface area (Å²) in [6, 6.07) is 10.3. The van der Waals surface area contributed by atoms with E-state index in [0.29, 0.717) is 13.0 Å². The van der Waals surface area contributed by atoms with Crippen molar-refractivity contribution in [2.45, 2.75) is 33.6 Å². The minimum absolute atomic E-state index is 0.00102. The van der Waals surface area contributed by atoms with E-state index in [1.54, 1.807) is 0 Å². The van der Waals surface area contributed by atoms with Crippen LogP contribution in [-0.2, 0) is 11.2 Å². The Balaban J connectivity index is 2.34. The summed E-state index contributed by atoms with van der Waals surface area (Å²) in [5.74, 6) is -0.00102. The van der Waals surface area contributed by atoms with Crippen molar-refractivity contribution in [2.75, 3.05) is 6.54 Å². The van der Waals surface area contributed by atoms with Gasteiger partial charge in [-0.3, -0.25) is 4.79 Å². The predicted octanol–water partition coefficient (Wildman–Crippen LogP) is 2.59. The molecule has 3 nitrogen and oxygen atoms in total. The Labute approximate surface area is 109 Å². The van der Waals surface area contributed by atoms with Crippen molar-refractivity contribution < 1.29 is 4.79 Å². The van der Waals surface area contributed by atoms with Crippen LogP contribution < -0.4 is 5.32 Å². The van der Waals surface area contributed by atoms with Crippen LogP contribution in [0.2, 0.25) is 0 Å². The van der Waals surface area contributed by atoms with E-state index in [0.717, 1.165) is 12.0 Å². The maximum atomic E-state index is 11.6. The van der Waals surface area contributed by atoms with Gasteiger partial charge in [-0.05, 0) is 32.8 Å². The normalized spacial score (nSPS) is 10.8. The molecule has 0 aliphatic heterocycles. The van der Waals surface area contributed by atoms with Crippen molar-refractivity contribution in [3.05, 3.63) is 35.4 Å². The molecule has 0 unspecified atom stereocenters. The van der Waals surface area contributed by atoms with Crippen LogP contribution in [-0.4, -0.2) is 12.5 Å². The zero-order valence-electron chi connectivity index (χ0n) is 11.3. The van der Waals surface area contributed by atoms with Gasteiger partial charge in [0.2, 0.25) is 5.91 Å². The SMILES string of the molecule is Cc1ccc(CCC(=O)NCC(C)(C)C#N)cc1. The van der Waals surface area contributed by atoms with E-state index in [-0.39, 0.29) is 5.91 Å². The first-order chi connectivity index (χ1) is 8.43. The maximum Gasteiger partial charge on any atom is 0.220 e. The molecular formula is C15H20N2O. The lowest BCUT2D eigenvalue weighted by molar-refractivity contribution is -0.121. The van der Waals surface area contributed by atoms with Crippen LogP contribution in [0.3, 0.4) is 0 Å². The third-order valence-corrected chi connectivity index (χ3v) is 2.79. The summed E-state index contributed by atoms with van der Waals surface area (Å²) in [5.41, 5.74) is 1.88. The molecule has 0 saturated carbocycles. The Morgan fingerprint density at radius 2 is 1.94 bits per heavy atom. The smallest absolute Gasteiger partial charge is 0.220 e. The van der Waals surface area contributed by atoms with E-state index in [2.05, 4.69) is 11.4 Å². The van der Waals surface area contributed by atoms with Crippen LogP contribution in [0.5, 0.6) is 0 Å². The third-order valence-electron chi connectivity index (χ3n) is 2.79. The second-order valence-corrected chi connectivity index (χ2v) is 5.26. The lowest BCUT2D eigenvalue weighted by Gasteiger charge is -2.15. The van der Waals surface area contributed by atoms with Gasteiger partial charge in [-0.25, -0.2) is 0 Å². The molecule has 0 saturated heterocycles. The van der Waals surface area contributed by atoms with Crippen LogP contribution >= 0.6 is 0 Å². The fraction of sp³-hybridized carbons (Fsp3) is 0.467. The monoisotopic (exact) mass is 244 g/mol. The Kier molecular flexibility index (Phi) is 4.91. The van der Waals surface area contributed by atoms with Gasteiger partial charge in [0.1, 0.15) is 0 Å². The summed E-state index contributed by atoms with van der Waals surface area (Å²) in [7, 11) is 0. The van der Waals surface area contributed by atoms with Gasteiger partial charge in [0.25, 0.3) is 0 Å². The predicted molar refractivity (Wildman–Crippen MR) is 71.9 cm³/mol. The van der Waals surface area contributed by atoms with Crippen molar-refractivity contribution in [1.82, 2.24) is 5.32 Å². The number of hydrogen-bond donors (Lipinski definition) is 1. The van der Waals surface area contributed by atoms with Crippen LogP contribution in [0.1, 0.15) is 31.4 Å². The Hall–Kier alpha value is -1.82. The molecule has 0 atom stereocenters. The highest BCUT2D eigenvalue weighted by Gasteiger charge is 2.17. The van der Waals surface area contributed by atoms with Gasteiger partial charge in [-0.2, -0.15) is 5.26 Å². The molecule has 18 heavy (non-hydrogen) atoms. The number of carbonyl (C=O) groups excluding carboxylic acids is 1. The lowest BCUT2D eigenvalue weighted by atomic mass is 9.96. The second kappa shape index (κ2) is 6.20. The number of aryl methyl sites for hydroxylation is 2. The number of hydrogen-bond acceptors (Lipinski definition) is 2. The van der Waals surface area contributed by atoms with Crippen molar-refractivity contribution in [3.8, 4) is 6.07 Å². The fourth-order valence-electron chi connectivity index (χ4n) is 1.46. The Morgan fingerprint density at radius 3 is 2.50 bits per heavy atom. The quantitative estimate of drug-likeness (QED) is 0.865. The zero-order chi connectivity index (χ0) is 13.6. The summed E-state index contributed by atoms with van der Waals surface area (Å²) >= 11 is 0. The van der Waals surface area contributed by atoms with Crippen LogP contribution in [0.25, 0.3) is 0 Å². The van der Waals surface area contributed by atoms with Gasteiger partial charge in [-0.1, -0.05) is 29.8 Å². The lowest BCUT2D eigenvalue weighted by Crippen LogP contribution is -2.33. The molecule has 0 aromatic heterocycles. The number of rotatable bonds is 5. The zero-order valence-corrected chi connectivity index (χ0v) is 11.3. The summed E-state index contributed by atoms with van der Waals surface area (Å²) in [6.07, 6.45) is 1.20. The van der Waals surface area contributed by atoms with E-state index >= 15 is 0 Å². The second-order valence-electron chi connectivity index (χ2n) is 5.26. The van der Waals surface area contributed by atoms with Crippen molar-refractivity contribution in [2.24, 2.45) is 5.41 Å². The molecule has 0 heterocycles. The Morgan fingerprint density at radius 1 is 1.33 bits per heavy atom. The Bertz CT molecular complexity index is 441. The highest BCUT2D eigenvalue weighted by atomic mass is 16.1. The summed E-state index contributed by atoms with van der Waals surface area (Å²) in [4.78, 5) is 11.6. The largest absolute Gasteiger partial charge is 0.355 e. The molecule has 96 valence electrons. The minimum atomic E-state index is -0.500. The standard InChI is InChI=1S/C15H20N2O/c1-12-4-6-13(7-5-12)8-9-14(18)17-11-15(2,3)10-16/h4-7H,8-9,11H2,1-3H3,(H,17,18). The molecule has 1 rings (SSSR count). The van der Waals surface area contributed by atoms with E-state index in [9.17, 15) is 4.79 Å². The summed E-state index contributed by atoms with van der Waals surface area (Å²) in [6.45, 7) is 6.07. The molecule has 0 radical (unpaired) electrons. The molecule has 0 aliphatic rings. The molecule has 1 aromatic carbocycles. The van der Waals surface area contributed by atoms with Gasteiger partial charge in [-0.15, -0.1) is 0 Å². The van der Waals surface area contributed by atoms with Crippen LogP contribution in [0.15, 0.2) is 24.3 Å². The highest BCUT2D eigenvalue weighted by Crippen LogP contribution is 2.11. The molecular weight excluding hydrogens is 224 g/mol. The number of benzene rings is 1. The van der Waals surface area contributed by atoms with Crippen molar-refractivity contribution in [3.63, 3.8) is 0 Å². The molecule has 0 fully saturated rings. The van der Waals surface area contributed by atoms with Crippen LogP contribution in [0.4, 0.5) is 0 Å². The van der Waals surface area contributed by atoms with Gasteiger partial charge in [0, 0.05) is 13.0 Å². The minimum Gasteiger partial charge on any atom is -0.355 e. The first-order valence-electron chi connectivity index (χ1n) is 6.16. The van der Waals surface area contributed by atoms with E-state index in [1.165, 1.54) is 5.56 Å². The molecule has 1 aromatic rings. The molecule has 0 aliphatic carbocycles. The number of nitrogens with zero attached hydrogens (tertiary/aromatic N) is 1. The van der Waals surface area contributed by atoms with Gasteiger partial charge in [0.15, 0.2) is 0 Å². The van der Waals surface area contributed by atoms with Crippen LogP contribution in [0, 0.1) is 23.7 Å². The third kappa shape index (κ3) is 5.01. The maximum absolute atomic E-state index is 11.6. The molecule has 0 spiro atoms. The average molecular weight is 244 g/mol. The van der Waals surface area contributed by atoms with E-state index in [1.807, 2.05) is 45.0 Å². The topological polar surface area (TPSA) is 52.9 Å². The van der Waals surface area contributed by atoms with Crippen molar-refractivity contribution in [1.29, 1.82) is 5.26 Å². The van der Waals surface area contributed by atoms with Gasteiger partial charge < -0.3 is 5.32 Å². The number of nitrogens with one attached hydrogen (secondary N) is 1. The highest BCUT2D eigenvalue weighted by molar-refractivity contribution is 5.76. The molecule has 1 amide bonds. The molecule has 3 heteroatoms. The van der Waals surface area contributed by atoms with Crippen molar-refractivity contribution >= 4 is 5.91 Å². The number of nitriles is 1. The number of carbonyl (C=O) groups is 1. The van der Waals surface area contributed by atoms with Gasteiger partial charge >= 0.3 is 0 Å². The molecule has 1 N–H and O–H groups in total.